The summed E-state index contributed by atoms with van der Waals surface area (Å²) in [5, 5.41) is 10.8. The first-order valence-corrected chi connectivity index (χ1v) is 5.18. The van der Waals surface area contributed by atoms with Crippen LogP contribution in [0.1, 0.15) is 5.56 Å². The molecular weight excluding hydrogens is 255 g/mol. The number of anilines is 1. The quantitative estimate of drug-likeness (QED) is 0.673. The van der Waals surface area contributed by atoms with Crippen LogP contribution in [0.15, 0.2) is 24.4 Å². The molecule has 0 aliphatic rings. The molecule has 0 amide bonds. The van der Waals surface area contributed by atoms with Gasteiger partial charge in [0, 0.05) is 6.07 Å². The number of aryl methyl sites for hydroxylation is 1. The van der Waals surface area contributed by atoms with Crippen molar-refractivity contribution in [2.24, 2.45) is 0 Å². The third-order valence-electron chi connectivity index (χ3n) is 2.25. The first-order valence-electron chi connectivity index (χ1n) is 5.18. The number of rotatable bonds is 3. The maximum absolute atomic E-state index is 13.4. The lowest BCUT2D eigenvalue weighted by molar-refractivity contribution is -0.385. The van der Waals surface area contributed by atoms with Crippen molar-refractivity contribution in [1.29, 1.82) is 0 Å². The molecule has 0 bridgehead atoms. The largest absolute Gasteiger partial charge is 0.429 e. The van der Waals surface area contributed by atoms with Crippen molar-refractivity contribution < 1.29 is 14.1 Å². The molecular formula is C11H9FN4O3. The van der Waals surface area contributed by atoms with Crippen molar-refractivity contribution in [3.05, 3.63) is 45.9 Å². The molecule has 2 rings (SSSR count). The summed E-state index contributed by atoms with van der Waals surface area (Å²) < 4.78 is 18.5. The van der Waals surface area contributed by atoms with Gasteiger partial charge in [0.05, 0.1) is 11.1 Å². The first-order chi connectivity index (χ1) is 8.97. The molecule has 7 nitrogen and oxygen atoms in total. The Morgan fingerprint density at radius 3 is 2.89 bits per heavy atom. The molecule has 0 atom stereocenters. The third-order valence-corrected chi connectivity index (χ3v) is 2.25. The molecule has 2 N–H and O–H groups in total. The van der Waals surface area contributed by atoms with E-state index >= 15 is 0 Å². The average Bonchev–Trinajstić information content (AvgIpc) is 2.33. The van der Waals surface area contributed by atoms with Crippen LogP contribution in [0, 0.1) is 22.9 Å². The lowest BCUT2D eigenvalue weighted by Crippen LogP contribution is -2.01. The van der Waals surface area contributed by atoms with Gasteiger partial charge in [-0.05, 0) is 18.6 Å². The summed E-state index contributed by atoms with van der Waals surface area (Å²) in [5.74, 6) is -1.61. The van der Waals surface area contributed by atoms with Gasteiger partial charge in [0.25, 0.3) is 5.88 Å². The fourth-order valence-corrected chi connectivity index (χ4v) is 1.39. The Hall–Kier alpha value is -2.77. The molecule has 0 spiro atoms. The fourth-order valence-electron chi connectivity index (χ4n) is 1.39. The minimum Gasteiger partial charge on any atom is -0.429 e. The van der Waals surface area contributed by atoms with E-state index in [2.05, 4.69) is 9.97 Å². The Morgan fingerprint density at radius 1 is 1.47 bits per heavy atom. The van der Waals surface area contributed by atoms with Gasteiger partial charge >= 0.3 is 5.69 Å². The van der Waals surface area contributed by atoms with E-state index in [1.165, 1.54) is 12.1 Å². The highest BCUT2D eigenvalue weighted by atomic mass is 19.1. The number of ether oxygens (including phenoxy) is 1. The van der Waals surface area contributed by atoms with E-state index in [4.69, 9.17) is 10.5 Å². The number of nitro groups is 1. The second-order valence-corrected chi connectivity index (χ2v) is 3.71. The van der Waals surface area contributed by atoms with Crippen LogP contribution in [-0.2, 0) is 0 Å². The highest BCUT2D eigenvalue weighted by Crippen LogP contribution is 2.32. The summed E-state index contributed by atoms with van der Waals surface area (Å²) in [6, 6.07) is 4.23. The summed E-state index contributed by atoms with van der Waals surface area (Å²) in [7, 11) is 0. The van der Waals surface area contributed by atoms with E-state index < -0.39 is 16.6 Å². The van der Waals surface area contributed by atoms with Crippen molar-refractivity contribution in [3.8, 4) is 11.6 Å². The Bertz CT molecular complexity index is 648. The summed E-state index contributed by atoms with van der Waals surface area (Å²) in [4.78, 5) is 17.2. The third kappa shape index (κ3) is 2.73. The second-order valence-electron chi connectivity index (χ2n) is 3.71. The number of hydrogen-bond acceptors (Lipinski definition) is 6. The average molecular weight is 264 g/mol. The number of nitro benzene ring substituents is 1. The minimum atomic E-state index is -0.856. The van der Waals surface area contributed by atoms with E-state index in [-0.39, 0.29) is 17.4 Å². The molecule has 2 aromatic rings. The molecule has 0 radical (unpaired) electrons. The van der Waals surface area contributed by atoms with Gasteiger partial charge in [-0.2, -0.15) is 9.37 Å². The van der Waals surface area contributed by atoms with Gasteiger partial charge in [0.15, 0.2) is 0 Å². The number of aromatic nitrogens is 2. The molecule has 1 aromatic carbocycles. The van der Waals surface area contributed by atoms with Crippen LogP contribution in [0.3, 0.4) is 0 Å². The van der Waals surface area contributed by atoms with E-state index in [1.807, 2.05) is 0 Å². The van der Waals surface area contributed by atoms with Crippen molar-refractivity contribution in [1.82, 2.24) is 9.97 Å². The molecule has 1 heterocycles. The first kappa shape index (κ1) is 12.7. The summed E-state index contributed by atoms with van der Waals surface area (Å²) >= 11 is 0. The van der Waals surface area contributed by atoms with Crippen LogP contribution < -0.4 is 10.5 Å². The molecule has 19 heavy (non-hydrogen) atoms. The second kappa shape index (κ2) is 4.84. The van der Waals surface area contributed by atoms with Crippen molar-refractivity contribution in [3.63, 3.8) is 0 Å². The van der Waals surface area contributed by atoms with Crippen LogP contribution in [0.2, 0.25) is 0 Å². The van der Waals surface area contributed by atoms with Crippen molar-refractivity contribution >= 4 is 11.6 Å². The molecule has 8 heteroatoms. The predicted molar refractivity (Wildman–Crippen MR) is 64.3 cm³/mol. The summed E-state index contributed by atoms with van der Waals surface area (Å²) in [5.41, 5.74) is 5.74. The van der Waals surface area contributed by atoms with Gasteiger partial charge in [-0.25, -0.2) is 4.98 Å². The van der Waals surface area contributed by atoms with Crippen LogP contribution in [0.25, 0.3) is 0 Å². The molecule has 98 valence electrons. The number of nitrogens with two attached hydrogens (primary N) is 1. The maximum Gasteiger partial charge on any atom is 0.311 e. The molecule has 1 aromatic heterocycles. The minimum absolute atomic E-state index is 0.109. The number of halogens is 1. The van der Waals surface area contributed by atoms with E-state index in [0.717, 1.165) is 11.8 Å². The molecule has 0 unspecified atom stereocenters. The van der Waals surface area contributed by atoms with Gasteiger partial charge in [-0.1, -0.05) is 6.07 Å². The van der Waals surface area contributed by atoms with Crippen LogP contribution in [0.5, 0.6) is 11.6 Å². The zero-order valence-corrected chi connectivity index (χ0v) is 9.83. The van der Waals surface area contributed by atoms with E-state index in [9.17, 15) is 14.5 Å². The topological polar surface area (TPSA) is 104 Å². The molecule has 0 aliphatic carbocycles. The molecule has 0 saturated carbocycles. The number of nitrogen functional groups attached to an aromatic ring is 1. The number of hydrogen-bond donors (Lipinski definition) is 1. The zero-order chi connectivity index (χ0) is 14.0. The van der Waals surface area contributed by atoms with Crippen molar-refractivity contribution in [2.75, 3.05) is 5.73 Å². The van der Waals surface area contributed by atoms with Gasteiger partial charge in [-0.3, -0.25) is 10.1 Å². The summed E-state index contributed by atoms with van der Waals surface area (Å²) in [6.07, 6.45) is 0.833. The van der Waals surface area contributed by atoms with Crippen molar-refractivity contribution in [2.45, 2.75) is 6.92 Å². The highest BCUT2D eigenvalue weighted by molar-refractivity contribution is 5.49. The summed E-state index contributed by atoms with van der Waals surface area (Å²) in [6.45, 7) is 1.72. The van der Waals surface area contributed by atoms with Gasteiger partial charge in [-0.15, -0.1) is 0 Å². The van der Waals surface area contributed by atoms with Gasteiger partial charge in [0.2, 0.25) is 17.5 Å². The predicted octanol–water partition coefficient (Wildman–Crippen LogP) is 2.21. The SMILES string of the molecule is Cc1ccc([N+](=O)[O-])c(Oc2nc(N)ncc2F)c1. The monoisotopic (exact) mass is 264 g/mol. The fraction of sp³-hybridized carbons (Fsp3) is 0.0909. The molecule has 0 saturated heterocycles. The van der Waals surface area contributed by atoms with Gasteiger partial charge < -0.3 is 10.5 Å². The van der Waals surface area contributed by atoms with Crippen LogP contribution in [-0.4, -0.2) is 14.9 Å². The highest BCUT2D eigenvalue weighted by Gasteiger charge is 2.18. The standard InChI is InChI=1S/C11H9FN4O3/c1-6-2-3-8(16(17)18)9(4-6)19-10-7(12)5-14-11(13)15-10/h2-5H,1H3,(H2,13,14,15). The van der Waals surface area contributed by atoms with Gasteiger partial charge in [0.1, 0.15) is 0 Å². The Kier molecular flexibility index (Phi) is 3.23. The lowest BCUT2D eigenvalue weighted by atomic mass is 10.2. The van der Waals surface area contributed by atoms with Crippen LogP contribution >= 0.6 is 0 Å². The Morgan fingerprint density at radius 2 is 2.21 bits per heavy atom. The van der Waals surface area contributed by atoms with E-state index in [1.54, 1.807) is 13.0 Å². The van der Waals surface area contributed by atoms with Crippen LogP contribution in [0.4, 0.5) is 16.0 Å². The smallest absolute Gasteiger partial charge is 0.311 e. The molecule has 0 aliphatic heterocycles. The molecule has 0 fully saturated rings. The van der Waals surface area contributed by atoms with E-state index in [0.29, 0.717) is 0 Å². The Balaban J connectivity index is 2.45. The Labute approximate surface area is 107 Å². The number of nitrogens with zero attached hydrogens (tertiary/aromatic N) is 3. The maximum atomic E-state index is 13.4. The normalized spacial score (nSPS) is 10.2. The zero-order valence-electron chi connectivity index (χ0n) is 9.83. The lowest BCUT2D eigenvalue weighted by Gasteiger charge is -2.07. The number of benzene rings is 1.